The lowest BCUT2D eigenvalue weighted by molar-refractivity contribution is 0.0199. The zero-order valence-electron chi connectivity index (χ0n) is 8.35. The molecule has 2 rings (SSSR count). The van der Waals surface area contributed by atoms with Crippen LogP contribution in [0.25, 0.3) is 0 Å². The molecule has 2 heterocycles. The van der Waals surface area contributed by atoms with Crippen molar-refractivity contribution in [3.63, 3.8) is 0 Å². The number of carboxylic acid groups (broad SMARTS) is 1. The molecular weight excluding hydrogens is 211 g/mol. The predicted molar refractivity (Wildman–Crippen MR) is 54.6 cm³/mol. The fourth-order valence-corrected chi connectivity index (χ4v) is 1.39. The van der Waals surface area contributed by atoms with E-state index >= 15 is 0 Å². The summed E-state index contributed by atoms with van der Waals surface area (Å²) in [6.07, 6.45) is 0.451. The van der Waals surface area contributed by atoms with Gasteiger partial charge in [0.2, 0.25) is 5.67 Å². The van der Waals surface area contributed by atoms with Crippen LogP contribution in [0, 0.1) is 11.8 Å². The third kappa shape index (κ3) is 2.11. The standard InChI is InChI=1S/C11H9FN2O2/c12-11(7-14(8-11)10(15)16)5-4-9-3-1-2-6-13-9/h1-3,6H,7-8H2,(H,15,16). The van der Waals surface area contributed by atoms with Crippen LogP contribution in [0.15, 0.2) is 24.4 Å². The van der Waals surface area contributed by atoms with E-state index in [2.05, 4.69) is 16.8 Å². The summed E-state index contributed by atoms with van der Waals surface area (Å²) in [7, 11) is 0. The molecule has 0 bridgehead atoms. The smallest absolute Gasteiger partial charge is 0.407 e. The van der Waals surface area contributed by atoms with Crippen LogP contribution in [0.2, 0.25) is 0 Å². The monoisotopic (exact) mass is 220 g/mol. The third-order valence-corrected chi connectivity index (χ3v) is 2.23. The highest BCUT2D eigenvalue weighted by molar-refractivity contribution is 5.67. The number of likely N-dealkylation sites (tertiary alicyclic amines) is 1. The normalized spacial score (nSPS) is 16.9. The van der Waals surface area contributed by atoms with Gasteiger partial charge in [0.15, 0.2) is 0 Å². The van der Waals surface area contributed by atoms with Gasteiger partial charge in [0.25, 0.3) is 0 Å². The van der Waals surface area contributed by atoms with Crippen molar-refractivity contribution in [2.75, 3.05) is 13.1 Å². The van der Waals surface area contributed by atoms with Gasteiger partial charge in [-0.05, 0) is 18.1 Å². The highest BCUT2D eigenvalue weighted by Gasteiger charge is 2.44. The first-order valence-electron chi connectivity index (χ1n) is 4.70. The van der Waals surface area contributed by atoms with Crippen molar-refractivity contribution in [2.24, 2.45) is 0 Å². The Bertz CT molecular complexity index is 458. The summed E-state index contributed by atoms with van der Waals surface area (Å²) >= 11 is 0. The molecular formula is C11H9FN2O2. The van der Waals surface area contributed by atoms with Gasteiger partial charge >= 0.3 is 6.09 Å². The number of nitrogens with zero attached hydrogens (tertiary/aromatic N) is 2. The maximum absolute atomic E-state index is 13.7. The minimum absolute atomic E-state index is 0.192. The molecule has 1 saturated heterocycles. The van der Waals surface area contributed by atoms with E-state index < -0.39 is 11.8 Å². The zero-order chi connectivity index (χ0) is 11.6. The Kier molecular flexibility index (Phi) is 2.49. The lowest BCUT2D eigenvalue weighted by atomic mass is 9.97. The van der Waals surface area contributed by atoms with Gasteiger partial charge in [-0.15, -0.1) is 0 Å². The number of rotatable bonds is 0. The van der Waals surface area contributed by atoms with Crippen LogP contribution >= 0.6 is 0 Å². The van der Waals surface area contributed by atoms with Crippen molar-refractivity contribution in [1.29, 1.82) is 0 Å². The van der Waals surface area contributed by atoms with E-state index in [1.807, 2.05) is 0 Å². The Morgan fingerprint density at radius 2 is 2.31 bits per heavy atom. The summed E-state index contributed by atoms with van der Waals surface area (Å²) < 4.78 is 13.7. The molecule has 0 atom stereocenters. The Hall–Kier alpha value is -2.09. The van der Waals surface area contributed by atoms with Gasteiger partial charge in [-0.2, -0.15) is 0 Å². The molecule has 0 aliphatic carbocycles. The number of aromatic nitrogens is 1. The molecule has 82 valence electrons. The first kappa shape index (κ1) is 10.4. The van der Waals surface area contributed by atoms with E-state index in [1.54, 1.807) is 24.4 Å². The second-order valence-corrected chi connectivity index (χ2v) is 3.57. The van der Waals surface area contributed by atoms with E-state index in [4.69, 9.17) is 5.11 Å². The van der Waals surface area contributed by atoms with E-state index in [9.17, 15) is 9.18 Å². The summed E-state index contributed by atoms with van der Waals surface area (Å²) in [4.78, 5) is 15.3. The van der Waals surface area contributed by atoms with Crippen molar-refractivity contribution in [2.45, 2.75) is 5.67 Å². The molecule has 1 N–H and O–H groups in total. The summed E-state index contributed by atoms with van der Waals surface area (Å²) in [5.41, 5.74) is -1.25. The molecule has 4 nitrogen and oxygen atoms in total. The molecule has 1 aromatic heterocycles. The lowest BCUT2D eigenvalue weighted by Crippen LogP contribution is -2.59. The molecule has 0 aromatic carbocycles. The second-order valence-electron chi connectivity index (χ2n) is 3.57. The topological polar surface area (TPSA) is 53.4 Å². The minimum atomic E-state index is -1.73. The number of carbonyl (C=O) groups is 1. The number of pyridine rings is 1. The largest absolute Gasteiger partial charge is 0.465 e. The average Bonchev–Trinajstić information content (AvgIpc) is 2.24. The van der Waals surface area contributed by atoms with Crippen molar-refractivity contribution in [1.82, 2.24) is 9.88 Å². The quantitative estimate of drug-likeness (QED) is 0.667. The van der Waals surface area contributed by atoms with Crippen LogP contribution in [-0.4, -0.2) is 39.8 Å². The number of alkyl halides is 1. The molecule has 0 radical (unpaired) electrons. The number of halogens is 1. The first-order valence-corrected chi connectivity index (χ1v) is 4.70. The van der Waals surface area contributed by atoms with Crippen molar-refractivity contribution in [3.8, 4) is 11.8 Å². The first-order chi connectivity index (χ1) is 7.59. The van der Waals surface area contributed by atoms with E-state index in [1.165, 1.54) is 0 Å². The number of hydrogen-bond donors (Lipinski definition) is 1. The Labute approximate surface area is 91.7 Å². The molecule has 1 aliphatic heterocycles. The minimum Gasteiger partial charge on any atom is -0.465 e. The van der Waals surface area contributed by atoms with Gasteiger partial charge in [-0.1, -0.05) is 12.0 Å². The Morgan fingerprint density at radius 3 is 2.88 bits per heavy atom. The van der Waals surface area contributed by atoms with Crippen molar-refractivity contribution in [3.05, 3.63) is 30.1 Å². The van der Waals surface area contributed by atoms with Crippen molar-refractivity contribution < 1.29 is 14.3 Å². The fourth-order valence-electron chi connectivity index (χ4n) is 1.39. The van der Waals surface area contributed by atoms with Crippen molar-refractivity contribution >= 4 is 6.09 Å². The van der Waals surface area contributed by atoms with Gasteiger partial charge < -0.3 is 5.11 Å². The van der Waals surface area contributed by atoms with Crippen LogP contribution in [0.3, 0.4) is 0 Å². The van der Waals surface area contributed by atoms with Crippen LogP contribution in [-0.2, 0) is 0 Å². The fraction of sp³-hybridized carbons (Fsp3) is 0.273. The maximum Gasteiger partial charge on any atom is 0.407 e. The predicted octanol–water partition coefficient (Wildman–Crippen LogP) is 1.14. The summed E-state index contributed by atoms with van der Waals surface area (Å²) in [6.45, 7) is -0.385. The molecule has 0 spiro atoms. The Balaban J connectivity index is 2.02. The molecule has 0 unspecified atom stereocenters. The maximum atomic E-state index is 13.7. The number of hydrogen-bond acceptors (Lipinski definition) is 2. The summed E-state index contributed by atoms with van der Waals surface area (Å²) in [5, 5.41) is 8.55. The summed E-state index contributed by atoms with van der Waals surface area (Å²) in [5.74, 6) is 5.00. The highest BCUT2D eigenvalue weighted by Crippen LogP contribution is 2.24. The molecule has 1 amide bonds. The molecule has 5 heteroatoms. The summed E-state index contributed by atoms with van der Waals surface area (Å²) in [6, 6.07) is 5.17. The molecule has 16 heavy (non-hydrogen) atoms. The SMILES string of the molecule is O=C(O)N1CC(F)(C#Cc2ccccn2)C1. The Morgan fingerprint density at radius 1 is 1.56 bits per heavy atom. The second kappa shape index (κ2) is 3.81. The van der Waals surface area contributed by atoms with Crippen LogP contribution in [0.4, 0.5) is 9.18 Å². The molecule has 1 fully saturated rings. The molecule has 1 aromatic rings. The van der Waals surface area contributed by atoms with E-state index in [0.29, 0.717) is 5.69 Å². The molecule has 1 aliphatic rings. The third-order valence-electron chi connectivity index (χ3n) is 2.23. The van der Waals surface area contributed by atoms with E-state index in [-0.39, 0.29) is 13.1 Å². The number of amides is 1. The average molecular weight is 220 g/mol. The van der Waals surface area contributed by atoms with Gasteiger partial charge in [0.05, 0.1) is 13.1 Å². The van der Waals surface area contributed by atoms with E-state index in [0.717, 1.165) is 4.90 Å². The van der Waals surface area contributed by atoms with Gasteiger partial charge in [0.1, 0.15) is 5.69 Å². The zero-order valence-corrected chi connectivity index (χ0v) is 8.35. The highest BCUT2D eigenvalue weighted by atomic mass is 19.1. The van der Waals surface area contributed by atoms with Gasteiger partial charge in [-0.25, -0.2) is 14.2 Å². The molecule has 0 saturated carbocycles. The van der Waals surface area contributed by atoms with Gasteiger partial charge in [0, 0.05) is 6.20 Å². The van der Waals surface area contributed by atoms with Crippen LogP contribution in [0.5, 0.6) is 0 Å². The van der Waals surface area contributed by atoms with Crippen LogP contribution < -0.4 is 0 Å². The van der Waals surface area contributed by atoms with Crippen LogP contribution in [0.1, 0.15) is 5.69 Å². The van der Waals surface area contributed by atoms with Gasteiger partial charge in [-0.3, -0.25) is 4.90 Å². The lowest BCUT2D eigenvalue weighted by Gasteiger charge is -2.38.